The average Bonchev–Trinajstić information content (AvgIpc) is 3.06. The van der Waals surface area contributed by atoms with Gasteiger partial charge < -0.3 is 10.6 Å². The molecule has 0 saturated heterocycles. The lowest BCUT2D eigenvalue weighted by atomic mass is 10.0. The molecule has 3 N–H and O–H groups in total. The number of nitrogens with zero attached hydrogens (tertiary/aromatic N) is 2. The van der Waals surface area contributed by atoms with E-state index in [4.69, 9.17) is 0 Å². The fourth-order valence-electron chi connectivity index (χ4n) is 2.62. The molecule has 7 heteroatoms. The molecular weight excluding hydrogens is 358 g/mol. The zero-order chi connectivity index (χ0) is 19.2. The average molecular weight is 382 g/mol. The largest absolute Gasteiger partial charge is 0.372 e. The molecule has 2 aromatic carbocycles. The number of aryl methyl sites for hydroxylation is 1. The Morgan fingerprint density at radius 3 is 2.67 bits per heavy atom. The van der Waals surface area contributed by atoms with Crippen molar-refractivity contribution in [2.24, 2.45) is 4.99 Å². The Hall–Kier alpha value is -2.93. The first kappa shape index (κ1) is 18.8. The number of hydrogen-bond acceptors (Lipinski definition) is 4. The van der Waals surface area contributed by atoms with Gasteiger partial charge in [-0.1, -0.05) is 47.2 Å². The third kappa shape index (κ3) is 5.04. The lowest BCUT2D eigenvalue weighted by Crippen LogP contribution is -2.36. The summed E-state index contributed by atoms with van der Waals surface area (Å²) in [5.41, 5.74) is 4.43. The van der Waals surface area contributed by atoms with Crippen molar-refractivity contribution in [2.75, 3.05) is 25.5 Å². The van der Waals surface area contributed by atoms with E-state index in [-0.39, 0.29) is 6.03 Å². The van der Waals surface area contributed by atoms with Crippen LogP contribution in [0.5, 0.6) is 0 Å². The second kappa shape index (κ2) is 8.64. The quantitative estimate of drug-likeness (QED) is 0.355. The van der Waals surface area contributed by atoms with Gasteiger partial charge in [0.1, 0.15) is 0 Å². The summed E-state index contributed by atoms with van der Waals surface area (Å²) in [6.07, 6.45) is 0. The summed E-state index contributed by atoms with van der Waals surface area (Å²) in [4.78, 5) is 20.5. The van der Waals surface area contributed by atoms with Crippen LogP contribution < -0.4 is 16.0 Å². The number of carbonyl (C=O) groups excluding carboxylic acids is 1. The Labute approximate surface area is 162 Å². The molecule has 0 radical (unpaired) electrons. The minimum absolute atomic E-state index is 0.263. The number of amides is 2. The van der Waals surface area contributed by atoms with Gasteiger partial charge in [0.25, 0.3) is 0 Å². The zero-order valence-electron chi connectivity index (χ0n) is 15.7. The van der Waals surface area contributed by atoms with Crippen LogP contribution in [0.3, 0.4) is 0 Å². The van der Waals surface area contributed by atoms with E-state index in [1.165, 1.54) is 22.5 Å². The zero-order valence-corrected chi connectivity index (χ0v) is 16.5. The third-order valence-electron chi connectivity index (χ3n) is 4.09. The number of aliphatic imine (C=N–C) groups is 1. The van der Waals surface area contributed by atoms with E-state index in [2.05, 4.69) is 69.2 Å². The normalized spacial score (nSPS) is 11.4. The maximum absolute atomic E-state index is 12.0. The topological polar surface area (TPSA) is 78.4 Å². The maximum Gasteiger partial charge on any atom is 0.321 e. The SMILES string of the molecule is CN=C(C)NCCNC(=O)Nc1nc2ccc(-c3cccc(C)c3)cc2s1. The smallest absolute Gasteiger partial charge is 0.321 e. The molecule has 0 fully saturated rings. The van der Waals surface area contributed by atoms with Crippen molar-refractivity contribution in [1.82, 2.24) is 15.6 Å². The molecule has 0 aliphatic rings. The molecule has 0 spiro atoms. The van der Waals surface area contributed by atoms with Gasteiger partial charge in [-0.25, -0.2) is 9.78 Å². The molecular formula is C20H23N5OS. The fourth-order valence-corrected chi connectivity index (χ4v) is 3.52. The second-order valence-corrected chi connectivity index (χ2v) is 7.22. The van der Waals surface area contributed by atoms with Gasteiger partial charge >= 0.3 is 6.03 Å². The second-order valence-electron chi connectivity index (χ2n) is 6.19. The van der Waals surface area contributed by atoms with Gasteiger partial charge in [0.2, 0.25) is 0 Å². The molecule has 140 valence electrons. The van der Waals surface area contributed by atoms with Crippen LogP contribution in [0.2, 0.25) is 0 Å². The first-order chi connectivity index (χ1) is 13.0. The molecule has 0 bridgehead atoms. The van der Waals surface area contributed by atoms with Crippen molar-refractivity contribution in [3.8, 4) is 11.1 Å². The summed E-state index contributed by atoms with van der Waals surface area (Å²) >= 11 is 1.47. The van der Waals surface area contributed by atoms with Gasteiger partial charge in [0.15, 0.2) is 5.13 Å². The molecule has 0 atom stereocenters. The van der Waals surface area contributed by atoms with Crippen LogP contribution in [0, 0.1) is 6.92 Å². The maximum atomic E-state index is 12.0. The van der Waals surface area contributed by atoms with Gasteiger partial charge in [0.05, 0.1) is 16.1 Å². The Balaban J connectivity index is 1.63. The van der Waals surface area contributed by atoms with E-state index in [1.807, 2.05) is 13.0 Å². The summed E-state index contributed by atoms with van der Waals surface area (Å²) in [6.45, 7) is 5.09. The number of amidine groups is 1. The van der Waals surface area contributed by atoms with E-state index < -0.39 is 0 Å². The molecule has 3 aromatic rings. The van der Waals surface area contributed by atoms with Crippen LogP contribution >= 0.6 is 11.3 Å². The highest BCUT2D eigenvalue weighted by Crippen LogP contribution is 2.30. The molecule has 0 aliphatic carbocycles. The molecule has 6 nitrogen and oxygen atoms in total. The fraction of sp³-hybridized carbons (Fsp3) is 0.250. The predicted molar refractivity (Wildman–Crippen MR) is 114 cm³/mol. The highest BCUT2D eigenvalue weighted by molar-refractivity contribution is 7.22. The minimum atomic E-state index is -0.263. The predicted octanol–water partition coefficient (Wildman–Crippen LogP) is 4.03. The van der Waals surface area contributed by atoms with Crippen molar-refractivity contribution in [3.63, 3.8) is 0 Å². The number of carbonyl (C=O) groups is 1. The van der Waals surface area contributed by atoms with Crippen LogP contribution in [-0.2, 0) is 0 Å². The van der Waals surface area contributed by atoms with Gasteiger partial charge in [-0.15, -0.1) is 0 Å². The number of anilines is 1. The van der Waals surface area contributed by atoms with Crippen molar-refractivity contribution in [2.45, 2.75) is 13.8 Å². The van der Waals surface area contributed by atoms with Gasteiger partial charge in [-0.05, 0) is 37.1 Å². The first-order valence-corrected chi connectivity index (χ1v) is 9.56. The number of fused-ring (bicyclic) bond motifs is 1. The Morgan fingerprint density at radius 1 is 1.11 bits per heavy atom. The molecule has 0 aliphatic heterocycles. The Bertz CT molecular complexity index is 979. The summed E-state index contributed by atoms with van der Waals surface area (Å²) in [5.74, 6) is 0.841. The van der Waals surface area contributed by atoms with Crippen molar-refractivity contribution in [1.29, 1.82) is 0 Å². The Kier molecular flexibility index (Phi) is 6.03. The van der Waals surface area contributed by atoms with Crippen LogP contribution in [0.15, 0.2) is 47.5 Å². The van der Waals surface area contributed by atoms with Crippen LogP contribution in [0.4, 0.5) is 9.93 Å². The van der Waals surface area contributed by atoms with Gasteiger partial charge in [0, 0.05) is 20.1 Å². The molecule has 0 unspecified atom stereocenters. The summed E-state index contributed by atoms with van der Waals surface area (Å²) in [6, 6.07) is 14.3. The highest BCUT2D eigenvalue weighted by Gasteiger charge is 2.09. The summed E-state index contributed by atoms with van der Waals surface area (Å²) in [7, 11) is 1.72. The van der Waals surface area contributed by atoms with E-state index in [0.717, 1.165) is 21.6 Å². The third-order valence-corrected chi connectivity index (χ3v) is 5.02. The Morgan fingerprint density at radius 2 is 1.89 bits per heavy atom. The number of urea groups is 1. The van der Waals surface area contributed by atoms with Crippen molar-refractivity contribution in [3.05, 3.63) is 48.0 Å². The van der Waals surface area contributed by atoms with Gasteiger partial charge in [-0.3, -0.25) is 10.3 Å². The van der Waals surface area contributed by atoms with Crippen LogP contribution in [0.1, 0.15) is 12.5 Å². The number of nitrogens with one attached hydrogen (secondary N) is 3. The van der Waals surface area contributed by atoms with E-state index in [0.29, 0.717) is 18.2 Å². The number of rotatable bonds is 5. The molecule has 0 saturated carbocycles. The molecule has 3 rings (SSSR count). The van der Waals surface area contributed by atoms with E-state index >= 15 is 0 Å². The number of aromatic nitrogens is 1. The molecule has 1 aromatic heterocycles. The standard InChI is InChI=1S/C20H23N5OS/c1-13-5-4-6-15(11-13)16-7-8-17-18(12-16)27-20(24-17)25-19(26)23-10-9-22-14(2)21-3/h4-8,11-12H,9-10H2,1-3H3,(H,21,22)(H2,23,24,25,26). The van der Waals surface area contributed by atoms with Crippen LogP contribution in [-0.4, -0.2) is 37.0 Å². The lowest BCUT2D eigenvalue weighted by molar-refractivity contribution is 0.252. The minimum Gasteiger partial charge on any atom is -0.372 e. The molecule has 1 heterocycles. The van der Waals surface area contributed by atoms with Crippen molar-refractivity contribution >= 4 is 38.6 Å². The first-order valence-electron chi connectivity index (χ1n) is 8.75. The highest BCUT2D eigenvalue weighted by atomic mass is 32.1. The number of benzene rings is 2. The summed E-state index contributed by atoms with van der Waals surface area (Å²) in [5, 5.41) is 9.28. The number of thiazole rings is 1. The van der Waals surface area contributed by atoms with Gasteiger partial charge in [-0.2, -0.15) is 0 Å². The van der Waals surface area contributed by atoms with Crippen LogP contribution in [0.25, 0.3) is 21.3 Å². The lowest BCUT2D eigenvalue weighted by Gasteiger charge is -2.07. The van der Waals surface area contributed by atoms with E-state index in [1.54, 1.807) is 7.05 Å². The van der Waals surface area contributed by atoms with Crippen molar-refractivity contribution < 1.29 is 4.79 Å². The molecule has 27 heavy (non-hydrogen) atoms. The summed E-state index contributed by atoms with van der Waals surface area (Å²) < 4.78 is 1.04. The number of hydrogen-bond donors (Lipinski definition) is 3. The molecule has 2 amide bonds. The monoisotopic (exact) mass is 381 g/mol. The van der Waals surface area contributed by atoms with E-state index in [9.17, 15) is 4.79 Å².